The molecule has 0 fully saturated rings. The van der Waals surface area contributed by atoms with Crippen LogP contribution in [0.5, 0.6) is 0 Å². The molecule has 0 unspecified atom stereocenters. The first kappa shape index (κ1) is 15.2. The second-order valence-corrected chi connectivity index (χ2v) is 6.77. The van der Waals surface area contributed by atoms with E-state index >= 15 is 0 Å². The van der Waals surface area contributed by atoms with E-state index < -0.39 is 0 Å². The summed E-state index contributed by atoms with van der Waals surface area (Å²) in [4.78, 5) is 13.5. The molecule has 0 bridgehead atoms. The molecule has 0 amide bonds. The molecule has 0 saturated heterocycles. The second kappa shape index (κ2) is 6.03. The molecule has 1 N–H and O–H groups in total. The van der Waals surface area contributed by atoms with E-state index in [0.29, 0.717) is 6.42 Å². The Balaban J connectivity index is 2.44. The number of hydrogen-bond donors (Lipinski definition) is 1. The highest BCUT2D eigenvalue weighted by atomic mass is 127. The van der Waals surface area contributed by atoms with Crippen LogP contribution in [0.4, 0.5) is 5.82 Å². The summed E-state index contributed by atoms with van der Waals surface area (Å²) in [6.07, 6.45) is 4.33. The van der Waals surface area contributed by atoms with Crippen molar-refractivity contribution >= 4 is 28.4 Å². The summed E-state index contributed by atoms with van der Waals surface area (Å²) in [5.41, 5.74) is 2.20. The molecule has 2 aromatic heterocycles. The molecule has 0 aliphatic heterocycles. The summed E-state index contributed by atoms with van der Waals surface area (Å²) in [6, 6.07) is 3.98. The van der Waals surface area contributed by atoms with Crippen LogP contribution in [-0.2, 0) is 11.8 Å². The van der Waals surface area contributed by atoms with Gasteiger partial charge in [0.05, 0.1) is 9.26 Å². The highest BCUT2D eigenvalue weighted by Crippen LogP contribution is 2.29. The largest absolute Gasteiger partial charge is 0.372 e. The lowest BCUT2D eigenvalue weighted by Gasteiger charge is -2.21. The molecular formula is C15H19IN4. The van der Waals surface area contributed by atoms with E-state index in [1.807, 2.05) is 25.4 Å². The second-order valence-electron chi connectivity index (χ2n) is 5.69. The Kier molecular flexibility index (Phi) is 4.57. The van der Waals surface area contributed by atoms with Gasteiger partial charge in [-0.2, -0.15) is 0 Å². The van der Waals surface area contributed by atoms with Crippen LogP contribution in [0.25, 0.3) is 0 Å². The molecule has 0 radical (unpaired) electrons. The van der Waals surface area contributed by atoms with Gasteiger partial charge in [-0.25, -0.2) is 9.97 Å². The summed E-state index contributed by atoms with van der Waals surface area (Å²) < 4.78 is 1.09. The van der Waals surface area contributed by atoms with Crippen molar-refractivity contribution in [3.05, 3.63) is 45.2 Å². The van der Waals surface area contributed by atoms with Crippen LogP contribution in [0.2, 0.25) is 0 Å². The number of anilines is 1. The van der Waals surface area contributed by atoms with Gasteiger partial charge in [-0.05, 0) is 34.2 Å². The highest BCUT2D eigenvalue weighted by molar-refractivity contribution is 14.1. The first-order valence-corrected chi connectivity index (χ1v) is 7.63. The average molecular weight is 382 g/mol. The number of nitrogens with one attached hydrogen (secondary N) is 1. The topological polar surface area (TPSA) is 50.7 Å². The summed E-state index contributed by atoms with van der Waals surface area (Å²) in [6.45, 7) is 6.51. The van der Waals surface area contributed by atoms with Crippen molar-refractivity contribution in [2.45, 2.75) is 32.6 Å². The molecule has 0 spiro atoms. The van der Waals surface area contributed by atoms with Crippen molar-refractivity contribution in [2.75, 3.05) is 12.4 Å². The molecule has 0 aliphatic rings. The van der Waals surface area contributed by atoms with Gasteiger partial charge in [0.1, 0.15) is 11.6 Å². The van der Waals surface area contributed by atoms with Crippen molar-refractivity contribution in [3.8, 4) is 0 Å². The number of hydrogen-bond acceptors (Lipinski definition) is 4. The minimum Gasteiger partial charge on any atom is -0.372 e. The van der Waals surface area contributed by atoms with Crippen LogP contribution in [0.3, 0.4) is 0 Å². The molecule has 0 aromatic carbocycles. The molecule has 20 heavy (non-hydrogen) atoms. The van der Waals surface area contributed by atoms with Crippen LogP contribution in [0.15, 0.2) is 24.5 Å². The maximum absolute atomic E-state index is 4.76. The van der Waals surface area contributed by atoms with E-state index in [2.05, 4.69) is 58.6 Å². The third-order valence-corrected chi connectivity index (χ3v) is 3.95. The van der Waals surface area contributed by atoms with E-state index in [1.165, 1.54) is 0 Å². The zero-order valence-corrected chi connectivity index (χ0v) is 14.4. The van der Waals surface area contributed by atoms with Gasteiger partial charge < -0.3 is 5.32 Å². The van der Waals surface area contributed by atoms with Crippen molar-refractivity contribution < 1.29 is 0 Å². The normalized spacial score (nSPS) is 11.4. The molecule has 2 rings (SSSR count). The molecule has 4 nitrogen and oxygen atoms in total. The van der Waals surface area contributed by atoms with E-state index in [0.717, 1.165) is 26.5 Å². The predicted octanol–water partition coefficient (Wildman–Crippen LogP) is 3.41. The Morgan fingerprint density at radius 2 is 2.00 bits per heavy atom. The summed E-state index contributed by atoms with van der Waals surface area (Å²) in [5, 5.41) is 3.16. The van der Waals surface area contributed by atoms with Gasteiger partial charge in [0, 0.05) is 31.3 Å². The third-order valence-electron chi connectivity index (χ3n) is 2.93. The van der Waals surface area contributed by atoms with Gasteiger partial charge >= 0.3 is 0 Å². The lowest BCUT2D eigenvalue weighted by Crippen LogP contribution is -2.19. The molecule has 0 atom stereocenters. The quantitative estimate of drug-likeness (QED) is 0.827. The van der Waals surface area contributed by atoms with E-state index in [1.54, 1.807) is 6.20 Å². The fraction of sp³-hybridized carbons (Fsp3) is 0.400. The molecule has 106 valence electrons. The molecule has 0 saturated carbocycles. The van der Waals surface area contributed by atoms with Crippen molar-refractivity contribution in [1.29, 1.82) is 0 Å². The van der Waals surface area contributed by atoms with Crippen molar-refractivity contribution in [3.63, 3.8) is 0 Å². The Bertz CT molecular complexity index is 591. The van der Waals surface area contributed by atoms with E-state index in [4.69, 9.17) is 4.98 Å². The van der Waals surface area contributed by atoms with Crippen LogP contribution in [0.1, 0.15) is 37.9 Å². The summed E-state index contributed by atoms with van der Waals surface area (Å²) >= 11 is 2.31. The van der Waals surface area contributed by atoms with E-state index in [9.17, 15) is 0 Å². The van der Waals surface area contributed by atoms with E-state index in [-0.39, 0.29) is 5.41 Å². The minimum atomic E-state index is -0.00521. The molecule has 0 aliphatic carbocycles. The number of nitrogens with zero attached hydrogens (tertiary/aromatic N) is 3. The predicted molar refractivity (Wildman–Crippen MR) is 90.0 cm³/mol. The minimum absolute atomic E-state index is 0.00521. The lowest BCUT2D eigenvalue weighted by atomic mass is 9.92. The number of halogens is 1. The zero-order chi connectivity index (χ0) is 14.8. The van der Waals surface area contributed by atoms with Gasteiger partial charge in [-0.15, -0.1) is 0 Å². The van der Waals surface area contributed by atoms with Gasteiger partial charge in [0.25, 0.3) is 0 Å². The maximum Gasteiger partial charge on any atom is 0.143 e. The standard InChI is InChI=1S/C15H19IN4/c1-15(2,3)13-12(16)14(17-4)20-11(19-13)8-10-6-5-7-18-9-10/h5-7,9H,8H2,1-4H3,(H,17,19,20). The Morgan fingerprint density at radius 3 is 2.55 bits per heavy atom. The summed E-state index contributed by atoms with van der Waals surface area (Å²) in [5.74, 6) is 1.72. The van der Waals surface area contributed by atoms with Gasteiger partial charge in [0.15, 0.2) is 0 Å². The highest BCUT2D eigenvalue weighted by Gasteiger charge is 2.22. The molecular weight excluding hydrogens is 363 g/mol. The molecule has 5 heteroatoms. The Hall–Kier alpha value is -1.24. The maximum atomic E-state index is 4.76. The number of aromatic nitrogens is 3. The van der Waals surface area contributed by atoms with Crippen LogP contribution in [-0.4, -0.2) is 22.0 Å². The fourth-order valence-corrected chi connectivity index (χ4v) is 3.24. The lowest BCUT2D eigenvalue weighted by molar-refractivity contribution is 0.559. The summed E-state index contributed by atoms with van der Waals surface area (Å²) in [7, 11) is 1.89. The van der Waals surface area contributed by atoms with Gasteiger partial charge in [-0.3, -0.25) is 4.98 Å². The fourth-order valence-electron chi connectivity index (χ4n) is 1.92. The molecule has 2 heterocycles. The van der Waals surface area contributed by atoms with Crippen LogP contribution >= 0.6 is 22.6 Å². The smallest absolute Gasteiger partial charge is 0.143 e. The van der Waals surface area contributed by atoms with Crippen LogP contribution in [0, 0.1) is 3.57 Å². The van der Waals surface area contributed by atoms with Gasteiger partial charge in [0.2, 0.25) is 0 Å². The first-order valence-electron chi connectivity index (χ1n) is 6.55. The monoisotopic (exact) mass is 382 g/mol. The number of pyridine rings is 1. The van der Waals surface area contributed by atoms with Gasteiger partial charge in [-0.1, -0.05) is 26.8 Å². The first-order chi connectivity index (χ1) is 9.41. The Labute approximate surface area is 133 Å². The Morgan fingerprint density at radius 1 is 1.25 bits per heavy atom. The van der Waals surface area contributed by atoms with Crippen LogP contribution < -0.4 is 5.32 Å². The number of rotatable bonds is 3. The van der Waals surface area contributed by atoms with Crippen molar-refractivity contribution in [1.82, 2.24) is 15.0 Å². The average Bonchev–Trinajstić information content (AvgIpc) is 2.40. The van der Waals surface area contributed by atoms with Crippen molar-refractivity contribution in [2.24, 2.45) is 0 Å². The SMILES string of the molecule is CNc1nc(Cc2cccnc2)nc(C(C)(C)C)c1I. The zero-order valence-electron chi connectivity index (χ0n) is 12.2. The molecule has 2 aromatic rings. The third kappa shape index (κ3) is 3.45.